The van der Waals surface area contributed by atoms with Crippen molar-refractivity contribution in [3.63, 3.8) is 0 Å². The minimum Gasteiger partial charge on any atom is -0.307 e. The van der Waals surface area contributed by atoms with E-state index in [0.29, 0.717) is 6.04 Å². The van der Waals surface area contributed by atoms with E-state index in [9.17, 15) is 0 Å². The number of aromatic nitrogens is 2. The van der Waals surface area contributed by atoms with Crippen molar-refractivity contribution in [3.8, 4) is 0 Å². The summed E-state index contributed by atoms with van der Waals surface area (Å²) in [7, 11) is 2.18. The van der Waals surface area contributed by atoms with Crippen LogP contribution in [0.2, 0.25) is 0 Å². The second kappa shape index (κ2) is 5.46. The lowest BCUT2D eigenvalue weighted by Gasteiger charge is -2.13. The molecule has 0 aliphatic carbocycles. The molecule has 1 aromatic rings. The van der Waals surface area contributed by atoms with Gasteiger partial charge in [0.25, 0.3) is 0 Å². The summed E-state index contributed by atoms with van der Waals surface area (Å²) >= 11 is 0. The minimum absolute atomic E-state index is 0.648. The van der Waals surface area contributed by atoms with Gasteiger partial charge in [0.05, 0.1) is 5.69 Å². The van der Waals surface area contributed by atoms with Gasteiger partial charge in [-0.05, 0) is 32.5 Å². The highest BCUT2D eigenvalue weighted by Gasteiger charge is 2.18. The van der Waals surface area contributed by atoms with Crippen LogP contribution < -0.4 is 5.32 Å². The number of likely N-dealkylation sites (tertiary alicyclic amines) is 1. The van der Waals surface area contributed by atoms with Gasteiger partial charge in [-0.25, -0.2) is 0 Å². The fourth-order valence-electron chi connectivity index (χ4n) is 2.27. The Morgan fingerprint density at radius 3 is 3.12 bits per heavy atom. The molecule has 0 radical (unpaired) electrons. The molecule has 0 saturated carbocycles. The van der Waals surface area contributed by atoms with Gasteiger partial charge in [-0.2, -0.15) is 5.10 Å². The van der Waals surface area contributed by atoms with Gasteiger partial charge in [-0.15, -0.1) is 0 Å². The van der Waals surface area contributed by atoms with Gasteiger partial charge in [-0.3, -0.25) is 4.68 Å². The molecule has 4 nitrogen and oxygen atoms in total. The van der Waals surface area contributed by atoms with Crippen molar-refractivity contribution in [2.75, 3.05) is 20.1 Å². The SMILES string of the molecule is CCCn1nccc1CNC1CCN(C)C1. The molecule has 1 unspecified atom stereocenters. The average molecular weight is 222 g/mol. The summed E-state index contributed by atoms with van der Waals surface area (Å²) in [6, 6.07) is 2.76. The molecular formula is C12H22N4. The number of hydrogen-bond donors (Lipinski definition) is 1. The first-order valence-electron chi connectivity index (χ1n) is 6.22. The van der Waals surface area contributed by atoms with Gasteiger partial charge in [-0.1, -0.05) is 6.92 Å². The number of nitrogens with one attached hydrogen (secondary N) is 1. The van der Waals surface area contributed by atoms with Crippen molar-refractivity contribution in [1.29, 1.82) is 0 Å². The molecule has 90 valence electrons. The van der Waals surface area contributed by atoms with Gasteiger partial charge in [0.2, 0.25) is 0 Å². The second-order valence-electron chi connectivity index (χ2n) is 4.67. The highest BCUT2D eigenvalue weighted by Crippen LogP contribution is 2.07. The third-order valence-electron chi connectivity index (χ3n) is 3.20. The molecule has 1 aliphatic rings. The molecule has 2 rings (SSSR count). The molecule has 0 aromatic carbocycles. The van der Waals surface area contributed by atoms with Crippen LogP contribution >= 0.6 is 0 Å². The highest BCUT2D eigenvalue weighted by molar-refractivity contribution is 5.00. The molecule has 4 heteroatoms. The zero-order valence-electron chi connectivity index (χ0n) is 10.3. The third kappa shape index (κ3) is 2.83. The number of nitrogens with zero attached hydrogens (tertiary/aromatic N) is 3. The molecule has 0 amide bonds. The molecular weight excluding hydrogens is 200 g/mol. The van der Waals surface area contributed by atoms with Crippen LogP contribution in [-0.4, -0.2) is 40.9 Å². The monoisotopic (exact) mass is 222 g/mol. The number of hydrogen-bond acceptors (Lipinski definition) is 3. The fourth-order valence-corrected chi connectivity index (χ4v) is 2.27. The molecule has 2 heterocycles. The van der Waals surface area contributed by atoms with Crippen LogP contribution in [-0.2, 0) is 13.1 Å². The summed E-state index contributed by atoms with van der Waals surface area (Å²) in [6.07, 6.45) is 4.30. The predicted octanol–water partition coefficient (Wildman–Crippen LogP) is 1.09. The van der Waals surface area contributed by atoms with E-state index in [4.69, 9.17) is 0 Å². The Kier molecular flexibility index (Phi) is 3.96. The lowest BCUT2D eigenvalue weighted by molar-refractivity contribution is 0.395. The van der Waals surface area contributed by atoms with Crippen molar-refractivity contribution in [2.45, 2.75) is 38.9 Å². The Balaban J connectivity index is 1.82. The van der Waals surface area contributed by atoms with E-state index in [1.807, 2.05) is 6.20 Å². The molecule has 1 fully saturated rings. The van der Waals surface area contributed by atoms with Crippen LogP contribution in [0.3, 0.4) is 0 Å². The smallest absolute Gasteiger partial charge is 0.0522 e. The van der Waals surface area contributed by atoms with Gasteiger partial charge < -0.3 is 10.2 Å². The molecule has 1 atom stereocenters. The van der Waals surface area contributed by atoms with Gasteiger partial charge in [0.1, 0.15) is 0 Å². The van der Waals surface area contributed by atoms with Crippen LogP contribution in [0.4, 0.5) is 0 Å². The summed E-state index contributed by atoms with van der Waals surface area (Å²) in [5.41, 5.74) is 1.30. The van der Waals surface area contributed by atoms with Crippen LogP contribution in [0, 0.1) is 0 Å². The molecule has 0 bridgehead atoms. The molecule has 1 aliphatic heterocycles. The van der Waals surface area contributed by atoms with Crippen molar-refractivity contribution in [1.82, 2.24) is 20.0 Å². The minimum atomic E-state index is 0.648. The maximum Gasteiger partial charge on any atom is 0.0522 e. The van der Waals surface area contributed by atoms with E-state index in [1.165, 1.54) is 25.2 Å². The number of aryl methyl sites for hydroxylation is 1. The van der Waals surface area contributed by atoms with Crippen LogP contribution in [0.15, 0.2) is 12.3 Å². The van der Waals surface area contributed by atoms with E-state index < -0.39 is 0 Å². The van der Waals surface area contributed by atoms with E-state index in [1.54, 1.807) is 0 Å². The highest BCUT2D eigenvalue weighted by atomic mass is 15.3. The first kappa shape index (κ1) is 11.6. The maximum absolute atomic E-state index is 4.33. The topological polar surface area (TPSA) is 33.1 Å². The molecule has 1 saturated heterocycles. The van der Waals surface area contributed by atoms with E-state index in [2.05, 4.69) is 40.0 Å². The Morgan fingerprint density at radius 2 is 2.44 bits per heavy atom. The zero-order chi connectivity index (χ0) is 11.4. The summed E-state index contributed by atoms with van der Waals surface area (Å²) in [4.78, 5) is 2.38. The summed E-state index contributed by atoms with van der Waals surface area (Å²) in [5, 5.41) is 7.94. The first-order chi connectivity index (χ1) is 7.79. The maximum atomic E-state index is 4.33. The Bertz CT molecular complexity index is 321. The number of likely N-dealkylation sites (N-methyl/N-ethyl adjacent to an activating group) is 1. The molecule has 1 N–H and O–H groups in total. The molecule has 16 heavy (non-hydrogen) atoms. The van der Waals surface area contributed by atoms with E-state index in [0.717, 1.165) is 19.5 Å². The summed E-state index contributed by atoms with van der Waals surface area (Å²) < 4.78 is 2.10. The van der Waals surface area contributed by atoms with Crippen LogP contribution in [0.25, 0.3) is 0 Å². The largest absolute Gasteiger partial charge is 0.307 e. The first-order valence-corrected chi connectivity index (χ1v) is 6.22. The third-order valence-corrected chi connectivity index (χ3v) is 3.20. The summed E-state index contributed by atoms with van der Waals surface area (Å²) in [5.74, 6) is 0. The average Bonchev–Trinajstić information content (AvgIpc) is 2.85. The molecule has 1 aromatic heterocycles. The zero-order valence-corrected chi connectivity index (χ0v) is 10.3. The Hall–Kier alpha value is -0.870. The second-order valence-corrected chi connectivity index (χ2v) is 4.67. The van der Waals surface area contributed by atoms with Crippen molar-refractivity contribution in [3.05, 3.63) is 18.0 Å². The summed E-state index contributed by atoms with van der Waals surface area (Å²) in [6.45, 7) is 6.53. The Morgan fingerprint density at radius 1 is 1.56 bits per heavy atom. The normalized spacial score (nSPS) is 21.8. The van der Waals surface area contributed by atoms with E-state index >= 15 is 0 Å². The fraction of sp³-hybridized carbons (Fsp3) is 0.750. The quantitative estimate of drug-likeness (QED) is 0.809. The van der Waals surface area contributed by atoms with Crippen molar-refractivity contribution in [2.24, 2.45) is 0 Å². The van der Waals surface area contributed by atoms with E-state index in [-0.39, 0.29) is 0 Å². The van der Waals surface area contributed by atoms with Gasteiger partial charge >= 0.3 is 0 Å². The predicted molar refractivity (Wildman–Crippen MR) is 65.3 cm³/mol. The van der Waals surface area contributed by atoms with Gasteiger partial charge in [0.15, 0.2) is 0 Å². The lowest BCUT2D eigenvalue weighted by Crippen LogP contribution is -2.31. The number of rotatable bonds is 5. The van der Waals surface area contributed by atoms with Gasteiger partial charge in [0, 0.05) is 31.9 Å². The lowest BCUT2D eigenvalue weighted by atomic mass is 10.2. The van der Waals surface area contributed by atoms with Crippen molar-refractivity contribution < 1.29 is 0 Å². The standard InChI is InChI=1S/C12H22N4/c1-3-7-16-12(4-6-14-16)9-13-11-5-8-15(2)10-11/h4,6,11,13H,3,5,7-10H2,1-2H3. The van der Waals surface area contributed by atoms with Crippen LogP contribution in [0.5, 0.6) is 0 Å². The molecule has 0 spiro atoms. The Labute approximate surface area is 97.6 Å². The van der Waals surface area contributed by atoms with Crippen molar-refractivity contribution >= 4 is 0 Å². The van der Waals surface area contributed by atoms with Crippen LogP contribution in [0.1, 0.15) is 25.5 Å².